The van der Waals surface area contributed by atoms with Crippen LogP contribution in [0.25, 0.3) is 0 Å². The van der Waals surface area contributed by atoms with Crippen LogP contribution in [0.1, 0.15) is 41.7 Å². The average molecular weight is 372 g/mol. The number of amides is 2. The van der Waals surface area contributed by atoms with E-state index in [1.807, 2.05) is 24.3 Å². The molecule has 0 aromatic heterocycles. The van der Waals surface area contributed by atoms with Crippen molar-refractivity contribution in [2.24, 2.45) is 5.73 Å². The summed E-state index contributed by atoms with van der Waals surface area (Å²) in [5.74, 6) is -0.721. The van der Waals surface area contributed by atoms with Crippen LogP contribution in [0.4, 0.5) is 5.69 Å². The van der Waals surface area contributed by atoms with E-state index in [2.05, 4.69) is 17.1 Å². The monoisotopic (exact) mass is 371 g/mol. The highest BCUT2D eigenvalue weighted by Crippen LogP contribution is 2.34. The summed E-state index contributed by atoms with van der Waals surface area (Å²) >= 11 is 5.97. The van der Waals surface area contributed by atoms with Gasteiger partial charge in [-0.3, -0.25) is 14.5 Å². The molecule has 2 amide bonds. The predicted octanol–water partition coefficient (Wildman–Crippen LogP) is 3.60. The summed E-state index contributed by atoms with van der Waals surface area (Å²) in [6, 6.07) is 15.0. The van der Waals surface area contributed by atoms with Crippen molar-refractivity contribution >= 4 is 29.1 Å². The van der Waals surface area contributed by atoms with E-state index in [1.165, 1.54) is 0 Å². The summed E-state index contributed by atoms with van der Waals surface area (Å²) in [4.78, 5) is 26.3. The Kier molecular flexibility index (Phi) is 5.59. The molecule has 136 valence electrons. The van der Waals surface area contributed by atoms with Gasteiger partial charge in [-0.1, -0.05) is 35.9 Å². The van der Waals surface area contributed by atoms with E-state index >= 15 is 0 Å². The van der Waals surface area contributed by atoms with Crippen molar-refractivity contribution in [3.8, 4) is 0 Å². The van der Waals surface area contributed by atoms with Crippen LogP contribution in [0.2, 0.25) is 5.02 Å². The third kappa shape index (κ3) is 4.42. The summed E-state index contributed by atoms with van der Waals surface area (Å²) in [6.45, 7) is 2.34. The maximum Gasteiger partial charge on any atom is 0.250 e. The maximum absolute atomic E-state index is 12.6. The molecule has 2 aromatic rings. The van der Waals surface area contributed by atoms with Gasteiger partial charge in [0.25, 0.3) is 5.91 Å². The number of hydrogen-bond donors (Lipinski definition) is 2. The second-order valence-corrected chi connectivity index (χ2v) is 7.03. The second-order valence-electron chi connectivity index (χ2n) is 6.59. The number of carbonyl (C=O) groups excluding carboxylic acids is 2. The van der Waals surface area contributed by atoms with Gasteiger partial charge in [-0.15, -0.1) is 0 Å². The SMILES string of the molecule is CC(c1ccc(Cl)cc1)N(CC(=O)Nc1ccccc1C(N)=O)C1CC1. The molecule has 1 aliphatic carbocycles. The van der Waals surface area contributed by atoms with E-state index in [0.717, 1.165) is 18.4 Å². The number of nitrogens with two attached hydrogens (primary N) is 1. The number of nitrogens with zero attached hydrogens (tertiary/aromatic N) is 1. The molecule has 0 spiro atoms. The molecule has 5 nitrogen and oxygen atoms in total. The Morgan fingerprint density at radius 3 is 2.46 bits per heavy atom. The fourth-order valence-corrected chi connectivity index (χ4v) is 3.21. The molecule has 2 aromatic carbocycles. The summed E-state index contributed by atoms with van der Waals surface area (Å²) in [5, 5.41) is 3.51. The van der Waals surface area contributed by atoms with Gasteiger partial charge in [0.15, 0.2) is 0 Å². The van der Waals surface area contributed by atoms with Crippen molar-refractivity contribution in [1.29, 1.82) is 0 Å². The molecule has 1 unspecified atom stereocenters. The van der Waals surface area contributed by atoms with E-state index in [1.54, 1.807) is 24.3 Å². The van der Waals surface area contributed by atoms with Crippen LogP contribution in [-0.2, 0) is 4.79 Å². The summed E-state index contributed by atoms with van der Waals surface area (Å²) in [6.07, 6.45) is 2.17. The zero-order chi connectivity index (χ0) is 18.7. The number of benzene rings is 2. The summed E-state index contributed by atoms with van der Waals surface area (Å²) < 4.78 is 0. The molecule has 0 aliphatic heterocycles. The highest BCUT2D eigenvalue weighted by atomic mass is 35.5. The van der Waals surface area contributed by atoms with Crippen LogP contribution < -0.4 is 11.1 Å². The quantitative estimate of drug-likeness (QED) is 0.780. The fraction of sp³-hybridized carbons (Fsp3) is 0.300. The number of hydrogen-bond acceptors (Lipinski definition) is 3. The highest BCUT2D eigenvalue weighted by Gasteiger charge is 2.34. The van der Waals surface area contributed by atoms with Crippen molar-refractivity contribution in [3.63, 3.8) is 0 Å². The molecule has 6 heteroatoms. The van der Waals surface area contributed by atoms with Gasteiger partial charge < -0.3 is 11.1 Å². The highest BCUT2D eigenvalue weighted by molar-refractivity contribution is 6.30. The Morgan fingerprint density at radius 2 is 1.85 bits per heavy atom. The van der Waals surface area contributed by atoms with Gasteiger partial charge in [-0.25, -0.2) is 0 Å². The number of primary amides is 1. The smallest absolute Gasteiger partial charge is 0.250 e. The average Bonchev–Trinajstić information content (AvgIpc) is 3.45. The van der Waals surface area contributed by atoms with Crippen molar-refractivity contribution in [2.45, 2.75) is 31.8 Å². The number of carbonyl (C=O) groups is 2. The molecule has 26 heavy (non-hydrogen) atoms. The van der Waals surface area contributed by atoms with Gasteiger partial charge in [-0.05, 0) is 49.6 Å². The van der Waals surface area contributed by atoms with Crippen LogP contribution in [0, 0.1) is 0 Å². The first-order valence-corrected chi connectivity index (χ1v) is 9.03. The minimum atomic E-state index is -0.561. The molecule has 3 rings (SSSR count). The molecule has 0 saturated heterocycles. The lowest BCUT2D eigenvalue weighted by molar-refractivity contribution is -0.118. The van der Waals surface area contributed by atoms with Crippen LogP contribution in [0.5, 0.6) is 0 Å². The zero-order valence-corrected chi connectivity index (χ0v) is 15.4. The van der Waals surface area contributed by atoms with Gasteiger partial charge in [0.05, 0.1) is 17.8 Å². The van der Waals surface area contributed by atoms with Crippen LogP contribution in [0.15, 0.2) is 48.5 Å². The van der Waals surface area contributed by atoms with Gasteiger partial charge >= 0.3 is 0 Å². The Labute approximate surface area is 158 Å². The zero-order valence-electron chi connectivity index (χ0n) is 14.6. The molecular weight excluding hydrogens is 350 g/mol. The standard InChI is InChI=1S/C20H22ClN3O2/c1-13(14-6-8-15(21)9-7-14)24(16-10-11-16)12-19(25)23-18-5-3-2-4-17(18)20(22)26/h2-9,13,16H,10-12H2,1H3,(H2,22,26)(H,23,25). The number of nitrogens with one attached hydrogen (secondary N) is 1. The Hall–Kier alpha value is -2.37. The maximum atomic E-state index is 12.6. The first kappa shape index (κ1) is 18.4. The lowest BCUT2D eigenvalue weighted by Gasteiger charge is -2.29. The van der Waals surface area contributed by atoms with Crippen LogP contribution >= 0.6 is 11.6 Å². The lowest BCUT2D eigenvalue weighted by atomic mass is 10.1. The topological polar surface area (TPSA) is 75.4 Å². The number of rotatable bonds is 7. The molecule has 0 radical (unpaired) electrons. The molecule has 1 atom stereocenters. The van der Waals surface area contributed by atoms with E-state index in [0.29, 0.717) is 22.3 Å². The third-order valence-electron chi connectivity index (χ3n) is 4.66. The molecule has 3 N–H and O–H groups in total. The second kappa shape index (κ2) is 7.89. The normalized spacial score (nSPS) is 14.9. The molecule has 1 fully saturated rings. The van der Waals surface area contributed by atoms with E-state index < -0.39 is 5.91 Å². The largest absolute Gasteiger partial charge is 0.366 e. The van der Waals surface area contributed by atoms with Crippen molar-refractivity contribution in [2.75, 3.05) is 11.9 Å². The van der Waals surface area contributed by atoms with E-state index in [4.69, 9.17) is 17.3 Å². The summed E-state index contributed by atoms with van der Waals surface area (Å²) in [5.41, 5.74) is 7.25. The lowest BCUT2D eigenvalue weighted by Crippen LogP contribution is -2.37. The Balaban J connectivity index is 1.71. The van der Waals surface area contributed by atoms with E-state index in [-0.39, 0.29) is 18.5 Å². The first-order valence-electron chi connectivity index (χ1n) is 8.65. The third-order valence-corrected chi connectivity index (χ3v) is 4.91. The molecule has 1 aliphatic rings. The van der Waals surface area contributed by atoms with Gasteiger partial charge in [0, 0.05) is 17.1 Å². The van der Waals surface area contributed by atoms with Crippen LogP contribution in [-0.4, -0.2) is 29.3 Å². The molecule has 1 saturated carbocycles. The van der Waals surface area contributed by atoms with Crippen LogP contribution in [0.3, 0.4) is 0 Å². The van der Waals surface area contributed by atoms with E-state index in [9.17, 15) is 9.59 Å². The minimum absolute atomic E-state index is 0.0944. The van der Waals surface area contributed by atoms with Crippen molar-refractivity contribution < 1.29 is 9.59 Å². The molecular formula is C20H22ClN3O2. The first-order chi connectivity index (χ1) is 12.5. The number of halogens is 1. The van der Waals surface area contributed by atoms with Gasteiger partial charge in [0.1, 0.15) is 0 Å². The van der Waals surface area contributed by atoms with Crippen molar-refractivity contribution in [1.82, 2.24) is 4.90 Å². The van der Waals surface area contributed by atoms with Gasteiger partial charge in [-0.2, -0.15) is 0 Å². The predicted molar refractivity (Wildman–Crippen MR) is 103 cm³/mol. The number of para-hydroxylation sites is 1. The number of anilines is 1. The summed E-state index contributed by atoms with van der Waals surface area (Å²) in [7, 11) is 0. The van der Waals surface area contributed by atoms with Crippen molar-refractivity contribution in [3.05, 3.63) is 64.7 Å². The molecule has 0 bridgehead atoms. The Morgan fingerprint density at radius 1 is 1.19 bits per heavy atom. The molecule has 0 heterocycles. The minimum Gasteiger partial charge on any atom is -0.366 e. The van der Waals surface area contributed by atoms with Gasteiger partial charge in [0.2, 0.25) is 5.91 Å². The Bertz CT molecular complexity index is 803. The fourth-order valence-electron chi connectivity index (χ4n) is 3.08.